The van der Waals surface area contributed by atoms with Gasteiger partial charge in [0.25, 0.3) is 0 Å². The van der Waals surface area contributed by atoms with Gasteiger partial charge in [0.05, 0.1) is 5.54 Å². The first-order valence-corrected chi connectivity index (χ1v) is 6.27. The Balaban J connectivity index is 2.55. The van der Waals surface area contributed by atoms with E-state index in [-0.39, 0.29) is 5.41 Å². The fourth-order valence-corrected chi connectivity index (χ4v) is 3.57. The van der Waals surface area contributed by atoms with E-state index in [1.54, 1.807) is 0 Å². The predicted octanol–water partition coefficient (Wildman–Crippen LogP) is 2.77. The predicted molar refractivity (Wildman–Crippen MR) is 68.5 cm³/mol. The summed E-state index contributed by atoms with van der Waals surface area (Å²) in [6.45, 7) is 11.8. The molecule has 1 aromatic carbocycles. The van der Waals surface area contributed by atoms with Crippen molar-refractivity contribution in [2.45, 2.75) is 58.0 Å². The van der Waals surface area contributed by atoms with E-state index in [1.807, 2.05) is 0 Å². The third-order valence-electron chi connectivity index (χ3n) is 3.78. The van der Waals surface area contributed by atoms with Crippen LogP contribution in [0.1, 0.15) is 58.2 Å². The summed E-state index contributed by atoms with van der Waals surface area (Å²) < 4.78 is 0. The quantitative estimate of drug-likeness (QED) is 0.689. The lowest BCUT2D eigenvalue weighted by Crippen LogP contribution is -2.95. The zero-order valence-electron chi connectivity index (χ0n) is 11.2. The van der Waals surface area contributed by atoms with Gasteiger partial charge in [-0.25, -0.2) is 0 Å². The molecule has 1 aromatic rings. The van der Waals surface area contributed by atoms with E-state index in [2.05, 4.69) is 64.2 Å². The second kappa shape index (κ2) is 3.59. The molecule has 0 spiro atoms. The average molecular weight is 218 g/mol. The van der Waals surface area contributed by atoms with Gasteiger partial charge in [0.2, 0.25) is 0 Å². The molecule has 0 amide bonds. The van der Waals surface area contributed by atoms with Gasteiger partial charge < -0.3 is 5.32 Å². The van der Waals surface area contributed by atoms with E-state index in [4.69, 9.17) is 0 Å². The summed E-state index contributed by atoms with van der Waals surface area (Å²) in [6.07, 6.45) is 1.22. The largest absolute Gasteiger partial charge is 0.336 e. The van der Waals surface area contributed by atoms with Crippen LogP contribution in [0.4, 0.5) is 0 Å². The first-order chi connectivity index (χ1) is 7.32. The lowest BCUT2D eigenvalue weighted by molar-refractivity contribution is -0.754. The van der Waals surface area contributed by atoms with E-state index in [9.17, 15) is 0 Å². The van der Waals surface area contributed by atoms with Gasteiger partial charge in [-0.05, 0) is 31.7 Å². The number of nitrogens with two attached hydrogens (primary N) is 1. The standard InChI is InChI=1S/C15H23N/c1-11-12-8-6-7-9-13(12)14(2,3)10-15(4,5)16-11/h6-9,11,16H,10H2,1-5H3/p+1. The topological polar surface area (TPSA) is 16.6 Å². The third-order valence-corrected chi connectivity index (χ3v) is 3.78. The minimum atomic E-state index is 0.279. The van der Waals surface area contributed by atoms with Gasteiger partial charge in [-0.15, -0.1) is 0 Å². The zero-order chi connectivity index (χ0) is 12.0. The van der Waals surface area contributed by atoms with E-state index in [0.29, 0.717) is 11.6 Å². The van der Waals surface area contributed by atoms with Crippen LogP contribution in [0.25, 0.3) is 0 Å². The van der Waals surface area contributed by atoms with Crippen molar-refractivity contribution in [2.75, 3.05) is 0 Å². The molecule has 1 nitrogen and oxygen atoms in total. The summed E-state index contributed by atoms with van der Waals surface area (Å²) in [5.74, 6) is 0. The third kappa shape index (κ3) is 2.01. The lowest BCUT2D eigenvalue weighted by Gasteiger charge is -2.30. The van der Waals surface area contributed by atoms with Crippen LogP contribution in [0.15, 0.2) is 24.3 Å². The molecule has 1 atom stereocenters. The maximum absolute atomic E-state index is 2.51. The molecule has 0 aromatic heterocycles. The van der Waals surface area contributed by atoms with Crippen LogP contribution in [-0.4, -0.2) is 5.54 Å². The molecule has 1 aliphatic rings. The summed E-state index contributed by atoms with van der Waals surface area (Å²) in [4.78, 5) is 0. The molecule has 2 rings (SSSR count). The first kappa shape index (κ1) is 11.7. The van der Waals surface area contributed by atoms with Crippen molar-refractivity contribution in [1.29, 1.82) is 0 Å². The Labute approximate surface area is 99.3 Å². The van der Waals surface area contributed by atoms with Gasteiger partial charge >= 0.3 is 0 Å². The van der Waals surface area contributed by atoms with Crippen LogP contribution < -0.4 is 5.32 Å². The Bertz CT molecular complexity index is 390. The zero-order valence-corrected chi connectivity index (χ0v) is 11.2. The molecule has 16 heavy (non-hydrogen) atoms. The molecule has 1 unspecified atom stereocenters. The summed E-state index contributed by atoms with van der Waals surface area (Å²) in [5, 5.41) is 2.51. The highest BCUT2D eigenvalue weighted by Crippen LogP contribution is 2.37. The van der Waals surface area contributed by atoms with Gasteiger partial charge in [0.15, 0.2) is 0 Å². The second-order valence-corrected chi connectivity index (χ2v) is 6.59. The molecule has 0 radical (unpaired) electrons. The second-order valence-electron chi connectivity index (χ2n) is 6.59. The van der Waals surface area contributed by atoms with Gasteiger partial charge in [-0.2, -0.15) is 0 Å². The number of fused-ring (bicyclic) bond motifs is 1. The van der Waals surface area contributed by atoms with Crippen LogP contribution >= 0.6 is 0 Å². The van der Waals surface area contributed by atoms with Crippen LogP contribution in [0.2, 0.25) is 0 Å². The minimum absolute atomic E-state index is 0.279. The molecule has 0 saturated heterocycles. The molecule has 0 fully saturated rings. The first-order valence-electron chi connectivity index (χ1n) is 6.27. The summed E-state index contributed by atoms with van der Waals surface area (Å²) in [7, 11) is 0. The van der Waals surface area contributed by atoms with Crippen LogP contribution in [0.3, 0.4) is 0 Å². The molecule has 1 heterocycles. The van der Waals surface area contributed by atoms with Crippen LogP contribution in [0, 0.1) is 0 Å². The highest BCUT2D eigenvalue weighted by Gasteiger charge is 2.39. The lowest BCUT2D eigenvalue weighted by atomic mass is 9.75. The molecular formula is C15H24N+. The van der Waals surface area contributed by atoms with E-state index >= 15 is 0 Å². The molecule has 1 aliphatic heterocycles. The van der Waals surface area contributed by atoms with Gasteiger partial charge in [0, 0.05) is 12.0 Å². The van der Waals surface area contributed by atoms with Crippen LogP contribution in [0.5, 0.6) is 0 Å². The number of hydrogen-bond acceptors (Lipinski definition) is 0. The molecule has 88 valence electrons. The van der Waals surface area contributed by atoms with Crippen molar-refractivity contribution in [3.05, 3.63) is 35.4 Å². The van der Waals surface area contributed by atoms with Gasteiger partial charge in [0.1, 0.15) is 6.04 Å². The molecular weight excluding hydrogens is 194 g/mol. The summed E-state index contributed by atoms with van der Waals surface area (Å²) in [6, 6.07) is 9.50. The van der Waals surface area contributed by atoms with Crippen molar-refractivity contribution in [1.82, 2.24) is 0 Å². The van der Waals surface area contributed by atoms with E-state index < -0.39 is 0 Å². The highest BCUT2D eigenvalue weighted by molar-refractivity contribution is 5.35. The Morgan fingerprint density at radius 3 is 2.44 bits per heavy atom. The minimum Gasteiger partial charge on any atom is -0.336 e. The molecule has 0 saturated carbocycles. The number of hydrogen-bond donors (Lipinski definition) is 1. The fourth-order valence-electron chi connectivity index (χ4n) is 3.57. The smallest absolute Gasteiger partial charge is 0.109 e. The number of benzene rings is 1. The van der Waals surface area contributed by atoms with Crippen molar-refractivity contribution in [3.63, 3.8) is 0 Å². The highest BCUT2D eigenvalue weighted by atomic mass is 15.0. The monoisotopic (exact) mass is 218 g/mol. The fraction of sp³-hybridized carbons (Fsp3) is 0.600. The van der Waals surface area contributed by atoms with Crippen molar-refractivity contribution in [3.8, 4) is 0 Å². The molecule has 0 aliphatic carbocycles. The summed E-state index contributed by atoms with van der Waals surface area (Å²) in [5.41, 5.74) is 3.64. The average Bonchev–Trinajstić information content (AvgIpc) is 2.20. The van der Waals surface area contributed by atoms with Crippen molar-refractivity contribution in [2.24, 2.45) is 0 Å². The number of rotatable bonds is 0. The summed E-state index contributed by atoms with van der Waals surface area (Å²) >= 11 is 0. The van der Waals surface area contributed by atoms with E-state index in [1.165, 1.54) is 17.5 Å². The molecule has 2 N–H and O–H groups in total. The van der Waals surface area contributed by atoms with Crippen molar-refractivity contribution >= 4 is 0 Å². The Hall–Kier alpha value is -0.820. The number of quaternary nitrogens is 1. The van der Waals surface area contributed by atoms with Crippen molar-refractivity contribution < 1.29 is 5.32 Å². The Morgan fingerprint density at radius 1 is 1.12 bits per heavy atom. The Morgan fingerprint density at radius 2 is 1.75 bits per heavy atom. The molecule has 1 heteroatoms. The van der Waals surface area contributed by atoms with Gasteiger partial charge in [-0.1, -0.05) is 38.1 Å². The Kier molecular flexibility index (Phi) is 2.62. The normalized spacial score (nSPS) is 26.9. The van der Waals surface area contributed by atoms with Gasteiger partial charge in [-0.3, -0.25) is 0 Å². The molecule has 0 bridgehead atoms. The maximum atomic E-state index is 2.51. The maximum Gasteiger partial charge on any atom is 0.109 e. The SMILES string of the molecule is CC1[NH2+]C(C)(C)CC(C)(C)c2ccccc21. The van der Waals surface area contributed by atoms with E-state index in [0.717, 1.165) is 0 Å². The van der Waals surface area contributed by atoms with Crippen LogP contribution in [-0.2, 0) is 5.41 Å².